The topological polar surface area (TPSA) is 28.2 Å². The van der Waals surface area contributed by atoms with Crippen molar-refractivity contribution < 1.29 is 0 Å². The normalized spacial score (nSPS) is 15.4. The Morgan fingerprint density at radius 2 is 2.05 bits per heavy atom. The molecule has 0 radical (unpaired) electrons. The van der Waals surface area contributed by atoms with Gasteiger partial charge in [0.1, 0.15) is 5.82 Å². The molecule has 1 aromatic heterocycles. The molecule has 3 nitrogen and oxygen atoms in total. The molecule has 98 valence electrons. The Morgan fingerprint density at radius 1 is 1.21 bits per heavy atom. The van der Waals surface area contributed by atoms with Gasteiger partial charge in [-0.15, -0.1) is 0 Å². The van der Waals surface area contributed by atoms with E-state index < -0.39 is 0 Å². The lowest BCUT2D eigenvalue weighted by molar-refractivity contribution is 0.649. The summed E-state index contributed by atoms with van der Waals surface area (Å²) in [7, 11) is 1.97. The van der Waals surface area contributed by atoms with E-state index in [0.29, 0.717) is 6.04 Å². The molecule has 0 spiro atoms. The number of benzene rings is 1. The zero-order chi connectivity index (χ0) is 13.2. The highest BCUT2D eigenvalue weighted by Crippen LogP contribution is 2.33. The van der Waals surface area contributed by atoms with E-state index in [-0.39, 0.29) is 0 Å². The van der Waals surface area contributed by atoms with Crippen molar-refractivity contribution in [1.82, 2.24) is 10.3 Å². The Hall–Kier alpha value is -1.87. The van der Waals surface area contributed by atoms with E-state index in [1.54, 1.807) is 0 Å². The summed E-state index contributed by atoms with van der Waals surface area (Å²) in [4.78, 5) is 6.91. The number of fused-ring (bicyclic) bond motifs is 1. The molecule has 0 saturated heterocycles. The maximum absolute atomic E-state index is 4.61. The molecule has 1 N–H and O–H groups in total. The fraction of sp³-hybridized carbons (Fsp3) is 0.312. The van der Waals surface area contributed by atoms with E-state index >= 15 is 0 Å². The maximum Gasteiger partial charge on any atom is 0.132 e. The second-order valence-corrected chi connectivity index (χ2v) is 4.99. The highest BCUT2D eigenvalue weighted by molar-refractivity contribution is 5.67. The first-order valence-corrected chi connectivity index (χ1v) is 6.78. The second-order valence-electron chi connectivity index (χ2n) is 4.99. The molecule has 1 aromatic carbocycles. The van der Waals surface area contributed by atoms with Gasteiger partial charge in [0.25, 0.3) is 0 Å². The van der Waals surface area contributed by atoms with Crippen molar-refractivity contribution in [2.75, 3.05) is 18.5 Å². The van der Waals surface area contributed by atoms with Gasteiger partial charge in [-0.25, -0.2) is 4.98 Å². The van der Waals surface area contributed by atoms with Crippen molar-refractivity contribution in [3.05, 3.63) is 53.7 Å². The molecule has 1 atom stereocenters. The molecule has 0 amide bonds. The fourth-order valence-corrected chi connectivity index (χ4v) is 2.56. The van der Waals surface area contributed by atoms with Crippen LogP contribution in [0.3, 0.4) is 0 Å². The SMILES string of the molecule is CNC(C)c1ccc(N2CCc3ccccc32)nc1. The van der Waals surface area contributed by atoms with Crippen LogP contribution in [0.4, 0.5) is 11.5 Å². The molecule has 2 heterocycles. The molecule has 19 heavy (non-hydrogen) atoms. The Balaban J connectivity index is 1.88. The summed E-state index contributed by atoms with van der Waals surface area (Å²) in [5, 5.41) is 3.23. The average molecular weight is 253 g/mol. The second kappa shape index (κ2) is 5.02. The maximum atomic E-state index is 4.61. The van der Waals surface area contributed by atoms with E-state index in [0.717, 1.165) is 18.8 Å². The third-order valence-electron chi connectivity index (χ3n) is 3.87. The summed E-state index contributed by atoms with van der Waals surface area (Å²) in [6.07, 6.45) is 3.07. The molecule has 0 aliphatic carbocycles. The van der Waals surface area contributed by atoms with Crippen LogP contribution in [0, 0.1) is 0 Å². The molecular formula is C16H19N3. The van der Waals surface area contributed by atoms with E-state index in [4.69, 9.17) is 0 Å². The lowest BCUT2D eigenvalue weighted by atomic mass is 10.1. The lowest BCUT2D eigenvalue weighted by Gasteiger charge is -2.19. The molecule has 3 heteroatoms. The van der Waals surface area contributed by atoms with Gasteiger partial charge in [0.15, 0.2) is 0 Å². The summed E-state index contributed by atoms with van der Waals surface area (Å²) in [6, 6.07) is 13.2. The Morgan fingerprint density at radius 3 is 2.79 bits per heavy atom. The fourth-order valence-electron chi connectivity index (χ4n) is 2.56. The summed E-state index contributed by atoms with van der Waals surface area (Å²) < 4.78 is 0. The minimum absolute atomic E-state index is 0.340. The predicted octanol–water partition coefficient (Wildman–Crippen LogP) is 3.06. The van der Waals surface area contributed by atoms with Crippen molar-refractivity contribution in [3.8, 4) is 0 Å². The standard InChI is InChI=1S/C16H19N3/c1-12(17-2)14-7-8-16(18-11-14)19-10-9-13-5-3-4-6-15(13)19/h3-8,11-12,17H,9-10H2,1-2H3. The molecule has 0 fully saturated rings. The zero-order valence-corrected chi connectivity index (χ0v) is 11.4. The van der Waals surface area contributed by atoms with Crippen molar-refractivity contribution in [1.29, 1.82) is 0 Å². The molecule has 2 aromatic rings. The van der Waals surface area contributed by atoms with Crippen LogP contribution in [0.2, 0.25) is 0 Å². The third-order valence-corrected chi connectivity index (χ3v) is 3.87. The molecule has 1 unspecified atom stereocenters. The molecule has 3 rings (SSSR count). The summed E-state index contributed by atoms with van der Waals surface area (Å²) >= 11 is 0. The van der Waals surface area contributed by atoms with Gasteiger partial charge in [-0.3, -0.25) is 0 Å². The summed E-state index contributed by atoms with van der Waals surface area (Å²) in [5.74, 6) is 1.04. The smallest absolute Gasteiger partial charge is 0.132 e. The number of aromatic nitrogens is 1. The van der Waals surface area contributed by atoms with Gasteiger partial charge in [-0.05, 0) is 43.7 Å². The van der Waals surface area contributed by atoms with Crippen LogP contribution in [0.5, 0.6) is 0 Å². The van der Waals surface area contributed by atoms with Crippen LogP contribution in [-0.2, 0) is 6.42 Å². The number of anilines is 2. The highest BCUT2D eigenvalue weighted by Gasteiger charge is 2.20. The third kappa shape index (κ3) is 2.22. The van der Waals surface area contributed by atoms with Gasteiger partial charge in [0, 0.05) is 24.5 Å². The molecular weight excluding hydrogens is 234 g/mol. The average Bonchev–Trinajstić information content (AvgIpc) is 2.90. The van der Waals surface area contributed by atoms with Gasteiger partial charge in [-0.1, -0.05) is 24.3 Å². The van der Waals surface area contributed by atoms with Gasteiger partial charge < -0.3 is 10.2 Å². The largest absolute Gasteiger partial charge is 0.326 e. The van der Waals surface area contributed by atoms with Gasteiger partial charge in [0.05, 0.1) is 0 Å². The van der Waals surface area contributed by atoms with Crippen LogP contribution >= 0.6 is 0 Å². The first kappa shape index (κ1) is 12.2. The van der Waals surface area contributed by atoms with Crippen LogP contribution in [-0.4, -0.2) is 18.6 Å². The van der Waals surface area contributed by atoms with Crippen LogP contribution in [0.15, 0.2) is 42.6 Å². The first-order chi connectivity index (χ1) is 9.29. The molecule has 1 aliphatic rings. The molecule has 0 bridgehead atoms. The molecule has 0 saturated carbocycles. The van der Waals surface area contributed by atoms with E-state index in [2.05, 4.69) is 58.5 Å². The monoisotopic (exact) mass is 253 g/mol. The number of pyridine rings is 1. The number of para-hydroxylation sites is 1. The Labute approximate surface area is 114 Å². The van der Waals surface area contributed by atoms with Gasteiger partial charge in [0.2, 0.25) is 0 Å². The number of nitrogens with one attached hydrogen (secondary N) is 1. The number of hydrogen-bond donors (Lipinski definition) is 1. The molecule has 1 aliphatic heterocycles. The number of rotatable bonds is 3. The van der Waals surface area contributed by atoms with E-state index in [1.165, 1.54) is 16.8 Å². The van der Waals surface area contributed by atoms with Crippen LogP contribution in [0.1, 0.15) is 24.1 Å². The summed E-state index contributed by atoms with van der Waals surface area (Å²) in [6.45, 7) is 3.16. The number of nitrogens with zero attached hydrogens (tertiary/aromatic N) is 2. The first-order valence-electron chi connectivity index (χ1n) is 6.78. The predicted molar refractivity (Wildman–Crippen MR) is 78.9 cm³/mol. The zero-order valence-electron chi connectivity index (χ0n) is 11.4. The minimum Gasteiger partial charge on any atom is -0.326 e. The van der Waals surface area contributed by atoms with Crippen LogP contribution in [0.25, 0.3) is 0 Å². The lowest BCUT2D eigenvalue weighted by Crippen LogP contribution is -2.16. The van der Waals surface area contributed by atoms with E-state index in [1.807, 2.05) is 13.2 Å². The van der Waals surface area contributed by atoms with Crippen molar-refractivity contribution in [2.24, 2.45) is 0 Å². The minimum atomic E-state index is 0.340. The highest BCUT2D eigenvalue weighted by atomic mass is 15.2. The van der Waals surface area contributed by atoms with Crippen molar-refractivity contribution in [2.45, 2.75) is 19.4 Å². The van der Waals surface area contributed by atoms with E-state index in [9.17, 15) is 0 Å². The Bertz CT molecular complexity index is 562. The van der Waals surface area contributed by atoms with Crippen molar-refractivity contribution in [3.63, 3.8) is 0 Å². The Kier molecular flexibility index (Phi) is 3.22. The van der Waals surface area contributed by atoms with Gasteiger partial charge in [-0.2, -0.15) is 0 Å². The summed E-state index contributed by atoms with van der Waals surface area (Å²) in [5.41, 5.74) is 3.93. The van der Waals surface area contributed by atoms with Gasteiger partial charge >= 0.3 is 0 Å². The van der Waals surface area contributed by atoms with Crippen LogP contribution < -0.4 is 10.2 Å². The number of hydrogen-bond acceptors (Lipinski definition) is 3. The quantitative estimate of drug-likeness (QED) is 0.911. The van der Waals surface area contributed by atoms with Crippen molar-refractivity contribution >= 4 is 11.5 Å².